The van der Waals surface area contributed by atoms with Crippen molar-refractivity contribution in [3.8, 4) is 11.5 Å². The maximum absolute atomic E-state index is 5.94. The number of fused-ring (bicyclic) bond motifs is 1. The van der Waals surface area contributed by atoms with Gasteiger partial charge in [-0.2, -0.15) is 0 Å². The van der Waals surface area contributed by atoms with Crippen LogP contribution >= 0.6 is 0 Å². The minimum atomic E-state index is 0.550. The van der Waals surface area contributed by atoms with Crippen LogP contribution < -0.4 is 9.47 Å². The van der Waals surface area contributed by atoms with Crippen LogP contribution in [0.5, 0.6) is 11.5 Å². The van der Waals surface area contributed by atoms with Gasteiger partial charge in [-0.1, -0.05) is 48.6 Å². The van der Waals surface area contributed by atoms with Gasteiger partial charge in [-0.15, -0.1) is 0 Å². The van der Waals surface area contributed by atoms with Crippen molar-refractivity contribution in [3.63, 3.8) is 0 Å². The number of hydrogen-bond acceptors (Lipinski definition) is 4. The lowest BCUT2D eigenvalue weighted by Gasteiger charge is -2.20. The second-order valence-corrected chi connectivity index (χ2v) is 8.24. The highest BCUT2D eigenvalue weighted by Crippen LogP contribution is 2.44. The Morgan fingerprint density at radius 3 is 2.52 bits per heavy atom. The summed E-state index contributed by atoms with van der Waals surface area (Å²) in [5, 5.41) is 0. The summed E-state index contributed by atoms with van der Waals surface area (Å²) < 4.78 is 17.7. The fourth-order valence-corrected chi connectivity index (χ4v) is 3.91. The lowest BCUT2D eigenvalue weighted by molar-refractivity contribution is 0.244. The average Bonchev–Trinajstić information content (AvgIpc) is 3.59. The molecule has 1 fully saturated rings. The van der Waals surface area contributed by atoms with Crippen LogP contribution in [-0.4, -0.2) is 18.9 Å². The Labute approximate surface area is 183 Å². The summed E-state index contributed by atoms with van der Waals surface area (Å²) in [6, 6.07) is 17.9. The van der Waals surface area contributed by atoms with Gasteiger partial charge in [-0.3, -0.25) is 0 Å². The highest BCUT2D eigenvalue weighted by atomic mass is 16.5. The maximum atomic E-state index is 5.94. The van der Waals surface area contributed by atoms with Crippen molar-refractivity contribution < 1.29 is 14.2 Å². The Hall–Kier alpha value is -3.27. The SMILES string of the molecule is CC1=C(CCOc2ccc(OCc3ccccc3)cc2)N=C(C2=CC3CC3C=C2)CO1. The van der Waals surface area contributed by atoms with Crippen LogP contribution in [0.25, 0.3) is 0 Å². The Morgan fingerprint density at radius 2 is 1.74 bits per heavy atom. The van der Waals surface area contributed by atoms with Crippen molar-refractivity contribution in [2.24, 2.45) is 16.8 Å². The predicted octanol–water partition coefficient (Wildman–Crippen LogP) is 5.87. The van der Waals surface area contributed by atoms with Crippen LogP contribution in [0, 0.1) is 11.8 Å². The molecule has 2 atom stereocenters. The molecule has 1 aliphatic heterocycles. The number of hydrogen-bond donors (Lipinski definition) is 0. The van der Waals surface area contributed by atoms with E-state index in [-0.39, 0.29) is 0 Å². The number of rotatable bonds is 8. The first-order valence-corrected chi connectivity index (χ1v) is 10.9. The van der Waals surface area contributed by atoms with E-state index in [0.717, 1.165) is 40.1 Å². The molecule has 0 spiro atoms. The first-order chi connectivity index (χ1) is 15.2. The second-order valence-electron chi connectivity index (χ2n) is 8.24. The normalized spacial score (nSPS) is 21.6. The van der Waals surface area contributed by atoms with Crippen LogP contribution in [0.1, 0.15) is 25.3 Å². The molecule has 0 amide bonds. The Balaban J connectivity index is 1.13. The molecular weight excluding hydrogens is 386 g/mol. The van der Waals surface area contributed by atoms with Gasteiger partial charge in [0.25, 0.3) is 0 Å². The largest absolute Gasteiger partial charge is 0.493 e. The smallest absolute Gasteiger partial charge is 0.130 e. The summed E-state index contributed by atoms with van der Waals surface area (Å²) in [4.78, 5) is 4.89. The number of ether oxygens (including phenoxy) is 3. The third-order valence-electron chi connectivity index (χ3n) is 5.92. The van der Waals surface area contributed by atoms with Gasteiger partial charge in [0, 0.05) is 6.42 Å². The third kappa shape index (κ3) is 4.91. The average molecular weight is 414 g/mol. The van der Waals surface area contributed by atoms with Crippen LogP contribution in [0.15, 0.2) is 94.8 Å². The van der Waals surface area contributed by atoms with Gasteiger partial charge in [-0.25, -0.2) is 4.99 Å². The van der Waals surface area contributed by atoms with Crippen LogP contribution in [-0.2, 0) is 11.3 Å². The van der Waals surface area contributed by atoms with E-state index >= 15 is 0 Å². The molecule has 2 aromatic carbocycles. The van der Waals surface area contributed by atoms with Crippen LogP contribution in [0.4, 0.5) is 0 Å². The van der Waals surface area contributed by atoms with Crippen molar-refractivity contribution in [3.05, 3.63) is 95.4 Å². The molecule has 3 aliphatic rings. The molecule has 0 aromatic heterocycles. The van der Waals surface area contributed by atoms with E-state index in [1.165, 1.54) is 12.0 Å². The van der Waals surface area contributed by atoms with Gasteiger partial charge in [-0.05, 0) is 60.6 Å². The second kappa shape index (κ2) is 8.84. The lowest BCUT2D eigenvalue weighted by atomic mass is 10.0. The van der Waals surface area contributed by atoms with E-state index in [1.54, 1.807) is 0 Å². The zero-order chi connectivity index (χ0) is 21.0. The van der Waals surface area contributed by atoms with E-state index in [1.807, 2.05) is 49.4 Å². The standard InChI is InChI=1S/C27H27NO3/c1-19-26(28-27(18-30-19)22-8-7-21-15-23(21)16-22)13-14-29-24-9-11-25(12-10-24)31-17-20-5-3-2-4-6-20/h2-12,16,21,23H,13-15,17-18H2,1H3. The topological polar surface area (TPSA) is 40.0 Å². The Morgan fingerprint density at radius 1 is 0.968 bits per heavy atom. The molecular formula is C27H27NO3. The molecule has 5 rings (SSSR count). The molecule has 4 heteroatoms. The summed E-state index contributed by atoms with van der Waals surface area (Å²) >= 11 is 0. The minimum Gasteiger partial charge on any atom is -0.493 e. The molecule has 0 radical (unpaired) electrons. The van der Waals surface area contributed by atoms with Gasteiger partial charge in [0.15, 0.2) is 0 Å². The van der Waals surface area contributed by atoms with E-state index in [4.69, 9.17) is 19.2 Å². The van der Waals surface area contributed by atoms with E-state index in [9.17, 15) is 0 Å². The first kappa shape index (κ1) is 19.7. The maximum Gasteiger partial charge on any atom is 0.130 e. The number of aliphatic imine (C=N–C) groups is 1. The Bertz CT molecular complexity index is 1050. The fourth-order valence-electron chi connectivity index (χ4n) is 3.91. The predicted molar refractivity (Wildman–Crippen MR) is 122 cm³/mol. The highest BCUT2D eigenvalue weighted by Gasteiger charge is 2.35. The van der Waals surface area contributed by atoms with Crippen LogP contribution in [0.3, 0.4) is 0 Å². The van der Waals surface area contributed by atoms with E-state index < -0.39 is 0 Å². The molecule has 0 saturated heterocycles. The van der Waals surface area contributed by atoms with Crippen molar-refractivity contribution in [1.82, 2.24) is 0 Å². The first-order valence-electron chi connectivity index (χ1n) is 10.9. The van der Waals surface area contributed by atoms with Gasteiger partial charge in [0.05, 0.1) is 18.0 Å². The van der Waals surface area contributed by atoms with E-state index in [0.29, 0.717) is 32.2 Å². The zero-order valence-corrected chi connectivity index (χ0v) is 17.8. The monoisotopic (exact) mass is 413 g/mol. The van der Waals surface area contributed by atoms with Gasteiger partial charge in [0.1, 0.15) is 30.5 Å². The molecule has 4 nitrogen and oxygen atoms in total. The summed E-state index contributed by atoms with van der Waals surface area (Å²) in [7, 11) is 0. The zero-order valence-electron chi connectivity index (χ0n) is 17.8. The molecule has 0 N–H and O–H groups in total. The molecule has 1 saturated carbocycles. The van der Waals surface area contributed by atoms with Crippen molar-refractivity contribution in [2.75, 3.05) is 13.2 Å². The molecule has 2 unspecified atom stereocenters. The van der Waals surface area contributed by atoms with Gasteiger partial charge < -0.3 is 14.2 Å². The van der Waals surface area contributed by atoms with Crippen molar-refractivity contribution >= 4 is 5.71 Å². The van der Waals surface area contributed by atoms with Crippen LogP contribution in [0.2, 0.25) is 0 Å². The van der Waals surface area contributed by atoms with E-state index in [2.05, 4.69) is 30.4 Å². The van der Waals surface area contributed by atoms with Crippen molar-refractivity contribution in [2.45, 2.75) is 26.4 Å². The molecule has 31 heavy (non-hydrogen) atoms. The molecule has 0 bridgehead atoms. The molecule has 158 valence electrons. The molecule has 2 aliphatic carbocycles. The summed E-state index contributed by atoms with van der Waals surface area (Å²) in [5.41, 5.74) is 4.37. The quantitative estimate of drug-likeness (QED) is 0.543. The summed E-state index contributed by atoms with van der Waals surface area (Å²) in [6.45, 7) is 3.64. The summed E-state index contributed by atoms with van der Waals surface area (Å²) in [6.07, 6.45) is 8.85. The molecule has 1 heterocycles. The minimum absolute atomic E-state index is 0.550. The number of nitrogens with zero attached hydrogens (tertiary/aromatic N) is 1. The molecule has 2 aromatic rings. The number of allylic oxidation sites excluding steroid dienone is 4. The third-order valence-corrected chi connectivity index (χ3v) is 5.92. The number of benzene rings is 2. The van der Waals surface area contributed by atoms with Gasteiger partial charge >= 0.3 is 0 Å². The van der Waals surface area contributed by atoms with Crippen molar-refractivity contribution in [1.29, 1.82) is 0 Å². The fraction of sp³-hybridized carbons (Fsp3) is 0.296. The highest BCUT2D eigenvalue weighted by molar-refractivity contribution is 6.04. The van der Waals surface area contributed by atoms with Gasteiger partial charge in [0.2, 0.25) is 0 Å². The lowest BCUT2D eigenvalue weighted by Crippen LogP contribution is -2.17. The summed E-state index contributed by atoms with van der Waals surface area (Å²) in [5.74, 6) is 4.01. The Kier molecular flexibility index (Phi) is 5.61.